The number of likely N-dealkylation sites (N-methyl/N-ethyl adjacent to an activating group) is 1. The van der Waals surface area contributed by atoms with Gasteiger partial charge in [-0.15, -0.1) is 0 Å². The van der Waals surface area contributed by atoms with Crippen LogP contribution in [-0.4, -0.2) is 31.7 Å². The smallest absolute Gasteiger partial charge is 0.257 e. The standard InChI is InChI=1S/C14H16N2O3/c1-9-7-12(19-8-13(17)15-2)10-5-4-6-11(18-3)14(10)16-9/h4-7H,8H2,1-3H3,(H,15,17). The summed E-state index contributed by atoms with van der Waals surface area (Å²) in [5, 5.41) is 3.34. The Kier molecular flexibility index (Phi) is 3.85. The van der Waals surface area contributed by atoms with Crippen molar-refractivity contribution in [3.63, 3.8) is 0 Å². The zero-order valence-electron chi connectivity index (χ0n) is 11.2. The predicted octanol–water partition coefficient (Wildman–Crippen LogP) is 1.68. The Hall–Kier alpha value is -2.30. The molecule has 2 aromatic rings. The van der Waals surface area contributed by atoms with Crippen molar-refractivity contribution in [1.29, 1.82) is 0 Å². The zero-order chi connectivity index (χ0) is 13.8. The summed E-state index contributed by atoms with van der Waals surface area (Å²) in [7, 11) is 3.18. The second-order valence-corrected chi connectivity index (χ2v) is 4.08. The summed E-state index contributed by atoms with van der Waals surface area (Å²) in [5.74, 6) is 1.14. The number of fused-ring (bicyclic) bond motifs is 1. The third-order valence-corrected chi connectivity index (χ3v) is 2.75. The van der Waals surface area contributed by atoms with Gasteiger partial charge in [0.05, 0.1) is 7.11 Å². The van der Waals surface area contributed by atoms with E-state index in [1.165, 1.54) is 0 Å². The maximum atomic E-state index is 11.3. The molecule has 0 bridgehead atoms. The van der Waals surface area contributed by atoms with Crippen LogP contribution in [-0.2, 0) is 4.79 Å². The molecule has 0 fully saturated rings. The van der Waals surface area contributed by atoms with Gasteiger partial charge in [-0.2, -0.15) is 0 Å². The fourth-order valence-corrected chi connectivity index (χ4v) is 1.81. The molecule has 5 nitrogen and oxygen atoms in total. The van der Waals surface area contributed by atoms with Gasteiger partial charge in [-0.3, -0.25) is 4.79 Å². The maximum Gasteiger partial charge on any atom is 0.257 e. The fourth-order valence-electron chi connectivity index (χ4n) is 1.81. The van der Waals surface area contributed by atoms with E-state index in [1.54, 1.807) is 14.2 Å². The van der Waals surface area contributed by atoms with Gasteiger partial charge in [0.15, 0.2) is 6.61 Å². The van der Waals surface area contributed by atoms with Crippen LogP contribution in [0, 0.1) is 6.92 Å². The molecule has 0 aliphatic heterocycles. The summed E-state index contributed by atoms with van der Waals surface area (Å²) in [6, 6.07) is 7.41. The average molecular weight is 260 g/mol. The Morgan fingerprint density at radius 2 is 2.16 bits per heavy atom. The molecule has 0 spiro atoms. The quantitative estimate of drug-likeness (QED) is 0.908. The number of carbonyl (C=O) groups excluding carboxylic acids is 1. The van der Waals surface area contributed by atoms with Crippen molar-refractivity contribution < 1.29 is 14.3 Å². The number of hydrogen-bond acceptors (Lipinski definition) is 4. The lowest BCUT2D eigenvalue weighted by atomic mass is 10.1. The molecule has 0 aliphatic rings. The number of pyridine rings is 1. The first-order valence-corrected chi connectivity index (χ1v) is 5.93. The molecular weight excluding hydrogens is 244 g/mol. The van der Waals surface area contributed by atoms with E-state index in [0.717, 1.165) is 16.6 Å². The first-order chi connectivity index (χ1) is 9.15. The number of aromatic nitrogens is 1. The van der Waals surface area contributed by atoms with Crippen molar-refractivity contribution in [2.45, 2.75) is 6.92 Å². The predicted molar refractivity (Wildman–Crippen MR) is 72.6 cm³/mol. The number of carbonyl (C=O) groups is 1. The molecular formula is C14H16N2O3. The minimum Gasteiger partial charge on any atom is -0.494 e. The molecule has 1 amide bonds. The molecule has 0 saturated heterocycles. The van der Waals surface area contributed by atoms with Crippen LogP contribution in [0.2, 0.25) is 0 Å². The molecule has 100 valence electrons. The van der Waals surface area contributed by atoms with Gasteiger partial charge in [-0.05, 0) is 19.1 Å². The Bertz CT molecular complexity index is 611. The minimum atomic E-state index is -0.175. The molecule has 1 aromatic carbocycles. The third kappa shape index (κ3) is 2.76. The van der Waals surface area contributed by atoms with E-state index in [4.69, 9.17) is 9.47 Å². The number of amides is 1. The summed E-state index contributed by atoms with van der Waals surface area (Å²) in [6.45, 7) is 1.85. The number of benzene rings is 1. The normalized spacial score (nSPS) is 10.3. The molecule has 1 aromatic heterocycles. The molecule has 0 radical (unpaired) electrons. The summed E-state index contributed by atoms with van der Waals surface area (Å²) in [6.07, 6.45) is 0. The van der Waals surface area contributed by atoms with Gasteiger partial charge in [0.1, 0.15) is 17.0 Å². The number of hydrogen-bond donors (Lipinski definition) is 1. The molecule has 1 N–H and O–H groups in total. The van der Waals surface area contributed by atoms with E-state index in [2.05, 4.69) is 10.3 Å². The molecule has 0 unspecified atom stereocenters. The van der Waals surface area contributed by atoms with Crippen molar-refractivity contribution in [1.82, 2.24) is 10.3 Å². The highest BCUT2D eigenvalue weighted by molar-refractivity contribution is 5.90. The first-order valence-electron chi connectivity index (χ1n) is 5.93. The lowest BCUT2D eigenvalue weighted by Gasteiger charge is -2.11. The second kappa shape index (κ2) is 5.56. The fraction of sp³-hybridized carbons (Fsp3) is 0.286. The monoisotopic (exact) mass is 260 g/mol. The highest BCUT2D eigenvalue weighted by atomic mass is 16.5. The van der Waals surface area contributed by atoms with Gasteiger partial charge in [0.2, 0.25) is 0 Å². The highest BCUT2D eigenvalue weighted by Crippen LogP contribution is 2.31. The van der Waals surface area contributed by atoms with Gasteiger partial charge >= 0.3 is 0 Å². The van der Waals surface area contributed by atoms with Gasteiger partial charge < -0.3 is 14.8 Å². The Balaban J connectivity index is 2.45. The van der Waals surface area contributed by atoms with Crippen LogP contribution in [0.5, 0.6) is 11.5 Å². The van der Waals surface area contributed by atoms with E-state index in [9.17, 15) is 4.79 Å². The van der Waals surface area contributed by atoms with Crippen LogP contribution in [0.1, 0.15) is 5.69 Å². The van der Waals surface area contributed by atoms with Crippen molar-refractivity contribution in [2.24, 2.45) is 0 Å². The Morgan fingerprint density at radius 3 is 2.84 bits per heavy atom. The topological polar surface area (TPSA) is 60.5 Å². The number of nitrogens with one attached hydrogen (secondary N) is 1. The van der Waals surface area contributed by atoms with Crippen LogP contribution < -0.4 is 14.8 Å². The number of nitrogens with zero attached hydrogens (tertiary/aromatic N) is 1. The van der Waals surface area contributed by atoms with Crippen molar-refractivity contribution >= 4 is 16.8 Å². The van der Waals surface area contributed by atoms with Gasteiger partial charge in [-0.1, -0.05) is 6.07 Å². The van der Waals surface area contributed by atoms with Crippen LogP contribution in [0.25, 0.3) is 10.9 Å². The van der Waals surface area contributed by atoms with Gasteiger partial charge in [0.25, 0.3) is 5.91 Å². The van der Waals surface area contributed by atoms with E-state index < -0.39 is 0 Å². The Labute approximate surface area is 111 Å². The van der Waals surface area contributed by atoms with E-state index in [0.29, 0.717) is 11.5 Å². The largest absolute Gasteiger partial charge is 0.494 e. The number of rotatable bonds is 4. The average Bonchev–Trinajstić information content (AvgIpc) is 2.43. The van der Waals surface area contributed by atoms with Crippen LogP contribution in [0.4, 0.5) is 0 Å². The van der Waals surface area contributed by atoms with Crippen LogP contribution in [0.15, 0.2) is 24.3 Å². The zero-order valence-corrected chi connectivity index (χ0v) is 11.2. The molecule has 19 heavy (non-hydrogen) atoms. The number of ether oxygens (including phenoxy) is 2. The van der Waals surface area contributed by atoms with E-state index >= 15 is 0 Å². The third-order valence-electron chi connectivity index (χ3n) is 2.75. The molecule has 2 rings (SSSR count). The maximum absolute atomic E-state index is 11.3. The van der Waals surface area contributed by atoms with Gasteiger partial charge in [-0.25, -0.2) is 4.98 Å². The molecule has 0 atom stereocenters. The molecule has 1 heterocycles. The van der Waals surface area contributed by atoms with Crippen LogP contribution >= 0.6 is 0 Å². The second-order valence-electron chi connectivity index (χ2n) is 4.08. The summed E-state index contributed by atoms with van der Waals surface area (Å²) < 4.78 is 10.8. The lowest BCUT2D eigenvalue weighted by molar-refractivity contribution is -0.122. The van der Waals surface area contributed by atoms with Crippen molar-refractivity contribution in [3.05, 3.63) is 30.0 Å². The Morgan fingerprint density at radius 1 is 1.37 bits per heavy atom. The van der Waals surface area contributed by atoms with Crippen LogP contribution in [0.3, 0.4) is 0 Å². The highest BCUT2D eigenvalue weighted by Gasteiger charge is 2.10. The van der Waals surface area contributed by atoms with Gasteiger partial charge in [0, 0.05) is 24.2 Å². The first kappa shape index (κ1) is 13.1. The molecule has 5 heteroatoms. The van der Waals surface area contributed by atoms with E-state index in [1.807, 2.05) is 31.2 Å². The number of methoxy groups -OCH3 is 1. The number of aryl methyl sites for hydroxylation is 1. The molecule has 0 aliphatic carbocycles. The SMILES string of the molecule is CNC(=O)COc1cc(C)nc2c(OC)cccc12. The summed E-state index contributed by atoms with van der Waals surface area (Å²) in [4.78, 5) is 15.7. The van der Waals surface area contributed by atoms with E-state index in [-0.39, 0.29) is 12.5 Å². The lowest BCUT2D eigenvalue weighted by Crippen LogP contribution is -2.24. The minimum absolute atomic E-state index is 0.0216. The van der Waals surface area contributed by atoms with Crippen molar-refractivity contribution in [3.8, 4) is 11.5 Å². The summed E-state index contributed by atoms with van der Waals surface area (Å²) in [5.41, 5.74) is 1.54. The van der Waals surface area contributed by atoms with Crippen molar-refractivity contribution in [2.75, 3.05) is 20.8 Å². The molecule has 0 saturated carbocycles. The summed E-state index contributed by atoms with van der Waals surface area (Å²) >= 11 is 0. The number of para-hydroxylation sites is 1.